The summed E-state index contributed by atoms with van der Waals surface area (Å²) in [6.07, 6.45) is 3.63. The number of piperazine rings is 1. The summed E-state index contributed by atoms with van der Waals surface area (Å²) in [6, 6.07) is 0.692. The molecule has 19 heavy (non-hydrogen) atoms. The summed E-state index contributed by atoms with van der Waals surface area (Å²) in [5, 5.41) is 3.32. The van der Waals surface area contributed by atoms with Gasteiger partial charge in [-0.3, -0.25) is 14.6 Å². The average Bonchev–Trinajstić information content (AvgIpc) is 2.83. The number of nitrogens with zero attached hydrogens (tertiary/aromatic N) is 2. The van der Waals surface area contributed by atoms with Crippen LogP contribution in [0.25, 0.3) is 0 Å². The number of fused-ring (bicyclic) bond motifs is 1. The molecule has 0 aromatic heterocycles. The highest BCUT2D eigenvalue weighted by molar-refractivity contribution is 5.84. The summed E-state index contributed by atoms with van der Waals surface area (Å²) in [7, 11) is 0. The van der Waals surface area contributed by atoms with Crippen molar-refractivity contribution in [3.05, 3.63) is 0 Å². The molecule has 0 bridgehead atoms. The van der Waals surface area contributed by atoms with Gasteiger partial charge in [0.25, 0.3) is 0 Å². The monoisotopic (exact) mass is 268 g/mol. The molecular weight excluding hydrogens is 240 g/mol. The van der Waals surface area contributed by atoms with Gasteiger partial charge in [0, 0.05) is 32.2 Å². The molecule has 2 atom stereocenters. The molecule has 2 unspecified atom stereocenters. The standard InChI is InChI=1S/C14H28N4O/c1-3-6-16-14(2,13(15)19)11-17-8-9-18-7-4-5-12(18)10-17/h12,16H,3-11H2,1-2H3,(H2,15,19). The molecule has 0 aromatic rings. The summed E-state index contributed by atoms with van der Waals surface area (Å²) < 4.78 is 0. The molecule has 3 N–H and O–H groups in total. The van der Waals surface area contributed by atoms with Crippen LogP contribution in [-0.2, 0) is 4.79 Å². The van der Waals surface area contributed by atoms with E-state index in [-0.39, 0.29) is 5.91 Å². The van der Waals surface area contributed by atoms with Gasteiger partial charge in [-0.05, 0) is 39.3 Å². The third-order valence-corrected chi connectivity index (χ3v) is 4.52. The van der Waals surface area contributed by atoms with Crippen LogP contribution < -0.4 is 11.1 Å². The third kappa shape index (κ3) is 3.46. The lowest BCUT2D eigenvalue weighted by molar-refractivity contribution is -0.124. The first-order valence-corrected chi connectivity index (χ1v) is 7.56. The van der Waals surface area contributed by atoms with Crippen LogP contribution >= 0.6 is 0 Å². The maximum atomic E-state index is 11.8. The SMILES string of the molecule is CCCNC(C)(CN1CCN2CCCC2C1)C(N)=O. The van der Waals surface area contributed by atoms with Gasteiger partial charge in [-0.15, -0.1) is 0 Å². The molecule has 0 aromatic carbocycles. The summed E-state index contributed by atoms with van der Waals surface area (Å²) in [5.41, 5.74) is 5.00. The number of rotatable bonds is 6. The zero-order valence-electron chi connectivity index (χ0n) is 12.3. The minimum atomic E-state index is -0.600. The van der Waals surface area contributed by atoms with Gasteiger partial charge in [0.2, 0.25) is 5.91 Å². The molecule has 110 valence electrons. The smallest absolute Gasteiger partial charge is 0.238 e. The van der Waals surface area contributed by atoms with Gasteiger partial charge < -0.3 is 11.1 Å². The number of primary amides is 1. The molecule has 5 nitrogen and oxygen atoms in total. The molecule has 2 rings (SSSR count). The summed E-state index contributed by atoms with van der Waals surface area (Å²) in [6.45, 7) is 10.1. The van der Waals surface area contributed by atoms with Gasteiger partial charge in [-0.1, -0.05) is 6.92 Å². The molecular formula is C14H28N4O. The minimum absolute atomic E-state index is 0.241. The molecule has 2 aliphatic rings. The highest BCUT2D eigenvalue weighted by Crippen LogP contribution is 2.22. The summed E-state index contributed by atoms with van der Waals surface area (Å²) in [4.78, 5) is 16.7. The number of nitrogens with two attached hydrogens (primary N) is 1. The summed E-state index contributed by atoms with van der Waals surface area (Å²) >= 11 is 0. The van der Waals surface area contributed by atoms with Gasteiger partial charge in [0.05, 0.1) is 0 Å². The van der Waals surface area contributed by atoms with Crippen molar-refractivity contribution in [2.24, 2.45) is 5.73 Å². The van der Waals surface area contributed by atoms with Crippen LogP contribution in [0.4, 0.5) is 0 Å². The van der Waals surface area contributed by atoms with Crippen LogP contribution in [-0.4, -0.2) is 66.6 Å². The number of carbonyl (C=O) groups excluding carboxylic acids is 1. The minimum Gasteiger partial charge on any atom is -0.368 e. The zero-order chi connectivity index (χ0) is 13.9. The highest BCUT2D eigenvalue weighted by Gasteiger charge is 2.36. The lowest BCUT2D eigenvalue weighted by Gasteiger charge is -2.41. The van der Waals surface area contributed by atoms with E-state index in [1.54, 1.807) is 0 Å². The van der Waals surface area contributed by atoms with Crippen LogP contribution in [0.15, 0.2) is 0 Å². The normalized spacial score (nSPS) is 28.0. The fraction of sp³-hybridized carbons (Fsp3) is 0.929. The third-order valence-electron chi connectivity index (χ3n) is 4.52. The molecule has 2 aliphatic heterocycles. The maximum absolute atomic E-state index is 11.8. The predicted octanol–water partition coefficient (Wildman–Crippen LogP) is 0.0100. The molecule has 2 heterocycles. The first kappa shape index (κ1) is 14.8. The van der Waals surface area contributed by atoms with Crippen LogP contribution in [0, 0.1) is 0 Å². The maximum Gasteiger partial charge on any atom is 0.238 e. The second-order valence-electron chi connectivity index (χ2n) is 6.19. The Morgan fingerprint density at radius 3 is 2.89 bits per heavy atom. The van der Waals surface area contributed by atoms with Gasteiger partial charge >= 0.3 is 0 Å². The quantitative estimate of drug-likeness (QED) is 0.712. The second kappa shape index (κ2) is 6.20. The molecule has 0 spiro atoms. The van der Waals surface area contributed by atoms with Gasteiger partial charge in [0.1, 0.15) is 5.54 Å². The average molecular weight is 268 g/mol. The van der Waals surface area contributed by atoms with Gasteiger partial charge in [-0.25, -0.2) is 0 Å². The van der Waals surface area contributed by atoms with Crippen molar-refractivity contribution < 1.29 is 4.79 Å². The molecule has 0 saturated carbocycles. The Labute approximate surface area is 116 Å². The van der Waals surface area contributed by atoms with Crippen molar-refractivity contribution >= 4 is 5.91 Å². The van der Waals surface area contributed by atoms with Gasteiger partial charge in [0.15, 0.2) is 0 Å². The molecule has 2 fully saturated rings. The van der Waals surface area contributed by atoms with E-state index >= 15 is 0 Å². The summed E-state index contributed by atoms with van der Waals surface area (Å²) in [5.74, 6) is -0.241. The number of carbonyl (C=O) groups is 1. The van der Waals surface area contributed by atoms with E-state index in [0.717, 1.165) is 39.1 Å². The van der Waals surface area contributed by atoms with Crippen molar-refractivity contribution in [3.63, 3.8) is 0 Å². The highest BCUT2D eigenvalue weighted by atomic mass is 16.1. The Morgan fingerprint density at radius 2 is 2.21 bits per heavy atom. The fourth-order valence-corrected chi connectivity index (χ4v) is 3.27. The first-order valence-electron chi connectivity index (χ1n) is 7.56. The van der Waals surface area contributed by atoms with E-state index in [1.807, 2.05) is 6.92 Å². The lowest BCUT2D eigenvalue weighted by Crippen LogP contribution is -2.62. The molecule has 1 amide bonds. The largest absolute Gasteiger partial charge is 0.368 e. The lowest BCUT2D eigenvalue weighted by atomic mass is 9.99. The van der Waals surface area contributed by atoms with Crippen LogP contribution in [0.1, 0.15) is 33.1 Å². The number of hydrogen-bond donors (Lipinski definition) is 2. The van der Waals surface area contributed by atoms with Crippen molar-refractivity contribution in [3.8, 4) is 0 Å². The van der Waals surface area contributed by atoms with E-state index in [4.69, 9.17) is 5.73 Å². The van der Waals surface area contributed by atoms with E-state index in [0.29, 0.717) is 6.04 Å². The van der Waals surface area contributed by atoms with E-state index in [1.165, 1.54) is 19.4 Å². The molecule has 0 radical (unpaired) electrons. The number of nitrogens with one attached hydrogen (secondary N) is 1. The molecule has 0 aliphatic carbocycles. The van der Waals surface area contributed by atoms with Crippen molar-refractivity contribution in [1.82, 2.24) is 15.1 Å². The van der Waals surface area contributed by atoms with E-state index in [9.17, 15) is 4.79 Å². The Kier molecular flexibility index (Phi) is 4.81. The molecule has 2 saturated heterocycles. The second-order valence-corrected chi connectivity index (χ2v) is 6.19. The van der Waals surface area contributed by atoms with Crippen LogP contribution in [0.3, 0.4) is 0 Å². The Hall–Kier alpha value is -0.650. The Balaban J connectivity index is 1.92. The van der Waals surface area contributed by atoms with Crippen molar-refractivity contribution in [2.45, 2.75) is 44.7 Å². The first-order chi connectivity index (χ1) is 9.05. The Morgan fingerprint density at radius 1 is 1.42 bits per heavy atom. The van der Waals surface area contributed by atoms with E-state index in [2.05, 4.69) is 22.0 Å². The Bertz CT molecular complexity index is 323. The predicted molar refractivity (Wildman–Crippen MR) is 76.9 cm³/mol. The molecule has 5 heteroatoms. The van der Waals surface area contributed by atoms with Gasteiger partial charge in [-0.2, -0.15) is 0 Å². The fourth-order valence-electron chi connectivity index (χ4n) is 3.27. The van der Waals surface area contributed by atoms with E-state index < -0.39 is 5.54 Å². The number of hydrogen-bond acceptors (Lipinski definition) is 4. The number of amides is 1. The van der Waals surface area contributed by atoms with Crippen LogP contribution in [0.5, 0.6) is 0 Å². The zero-order valence-corrected chi connectivity index (χ0v) is 12.3. The van der Waals surface area contributed by atoms with Crippen molar-refractivity contribution in [1.29, 1.82) is 0 Å². The topological polar surface area (TPSA) is 61.6 Å². The van der Waals surface area contributed by atoms with Crippen LogP contribution in [0.2, 0.25) is 0 Å². The van der Waals surface area contributed by atoms with Crippen molar-refractivity contribution in [2.75, 3.05) is 39.3 Å².